The number of aryl methyl sites for hydroxylation is 1. The van der Waals surface area contributed by atoms with E-state index >= 15 is 0 Å². The molecule has 5 nitrogen and oxygen atoms in total. The standard InChI is InChI=1S/C21H23N3O2/c1-26-20-9-6-17(7-10-20)8-11-21(25)23-14-18-2-4-19(5-3-18)15-24-13-12-22-16-24/h2-7,9-10,12-13,16H,8,11,14-15H2,1H3,(H,23,25). The van der Waals surface area contributed by atoms with Gasteiger partial charge in [-0.05, 0) is 35.2 Å². The quantitative estimate of drug-likeness (QED) is 0.679. The number of methoxy groups -OCH3 is 1. The van der Waals surface area contributed by atoms with Crippen LogP contribution in [0.15, 0.2) is 67.3 Å². The number of hydrogen-bond acceptors (Lipinski definition) is 3. The number of nitrogens with zero attached hydrogens (tertiary/aromatic N) is 2. The lowest BCUT2D eigenvalue weighted by Gasteiger charge is -2.08. The van der Waals surface area contributed by atoms with Gasteiger partial charge >= 0.3 is 0 Å². The number of benzene rings is 2. The molecule has 0 aliphatic heterocycles. The van der Waals surface area contributed by atoms with Gasteiger partial charge in [-0.3, -0.25) is 4.79 Å². The summed E-state index contributed by atoms with van der Waals surface area (Å²) in [5.74, 6) is 0.887. The summed E-state index contributed by atoms with van der Waals surface area (Å²) in [6, 6.07) is 16.1. The van der Waals surface area contributed by atoms with Crippen molar-refractivity contribution in [3.63, 3.8) is 0 Å². The Bertz CT molecular complexity index is 809. The first kappa shape index (κ1) is 17.7. The van der Waals surface area contributed by atoms with Crippen LogP contribution in [0.2, 0.25) is 0 Å². The average molecular weight is 349 g/mol. The summed E-state index contributed by atoms with van der Waals surface area (Å²) in [6.45, 7) is 1.35. The van der Waals surface area contributed by atoms with Gasteiger partial charge in [0.1, 0.15) is 5.75 Å². The van der Waals surface area contributed by atoms with Crippen molar-refractivity contribution in [3.8, 4) is 5.75 Å². The minimum absolute atomic E-state index is 0.0586. The van der Waals surface area contributed by atoms with E-state index in [1.165, 1.54) is 5.56 Å². The first-order valence-corrected chi connectivity index (χ1v) is 8.66. The van der Waals surface area contributed by atoms with E-state index in [9.17, 15) is 4.79 Å². The van der Waals surface area contributed by atoms with Gasteiger partial charge in [-0.1, -0.05) is 36.4 Å². The fraction of sp³-hybridized carbons (Fsp3) is 0.238. The van der Waals surface area contributed by atoms with E-state index in [2.05, 4.69) is 34.6 Å². The molecule has 0 saturated carbocycles. The van der Waals surface area contributed by atoms with E-state index in [-0.39, 0.29) is 5.91 Å². The van der Waals surface area contributed by atoms with Gasteiger partial charge in [-0.15, -0.1) is 0 Å². The molecule has 26 heavy (non-hydrogen) atoms. The van der Waals surface area contributed by atoms with Crippen molar-refractivity contribution in [3.05, 3.63) is 83.9 Å². The summed E-state index contributed by atoms with van der Waals surface area (Å²) < 4.78 is 7.16. The Hall–Kier alpha value is -3.08. The van der Waals surface area contributed by atoms with E-state index in [4.69, 9.17) is 4.74 Å². The number of hydrogen-bond donors (Lipinski definition) is 1. The number of amides is 1. The Kier molecular flexibility index (Phi) is 6.04. The third-order valence-electron chi connectivity index (χ3n) is 4.24. The molecular weight excluding hydrogens is 326 g/mol. The first-order valence-electron chi connectivity index (χ1n) is 8.66. The predicted molar refractivity (Wildman–Crippen MR) is 101 cm³/mol. The van der Waals surface area contributed by atoms with Crippen LogP contribution >= 0.6 is 0 Å². The minimum Gasteiger partial charge on any atom is -0.497 e. The van der Waals surface area contributed by atoms with Crippen LogP contribution in [0.5, 0.6) is 5.75 Å². The normalized spacial score (nSPS) is 10.5. The largest absolute Gasteiger partial charge is 0.497 e. The zero-order valence-corrected chi connectivity index (χ0v) is 14.9. The topological polar surface area (TPSA) is 56.1 Å². The first-order chi connectivity index (χ1) is 12.7. The van der Waals surface area contributed by atoms with Crippen molar-refractivity contribution in [2.24, 2.45) is 0 Å². The summed E-state index contributed by atoms with van der Waals surface area (Å²) >= 11 is 0. The summed E-state index contributed by atoms with van der Waals surface area (Å²) in [6.07, 6.45) is 6.72. The van der Waals surface area contributed by atoms with E-state index in [0.717, 1.165) is 29.8 Å². The van der Waals surface area contributed by atoms with Crippen LogP contribution in [-0.2, 0) is 24.3 Å². The van der Waals surface area contributed by atoms with Crippen molar-refractivity contribution in [1.82, 2.24) is 14.9 Å². The number of carbonyl (C=O) groups excluding carboxylic acids is 1. The van der Waals surface area contributed by atoms with Gasteiger partial charge in [0.05, 0.1) is 13.4 Å². The van der Waals surface area contributed by atoms with Gasteiger partial charge in [0.2, 0.25) is 5.91 Å². The van der Waals surface area contributed by atoms with Gasteiger partial charge in [0, 0.05) is 31.9 Å². The molecule has 1 aromatic heterocycles. The summed E-state index contributed by atoms with van der Waals surface area (Å²) in [7, 11) is 1.65. The van der Waals surface area contributed by atoms with E-state index in [1.54, 1.807) is 19.6 Å². The number of carbonyl (C=O) groups is 1. The fourth-order valence-electron chi connectivity index (χ4n) is 2.69. The molecular formula is C21H23N3O2. The van der Waals surface area contributed by atoms with Gasteiger partial charge < -0.3 is 14.6 Å². The van der Waals surface area contributed by atoms with E-state index < -0.39 is 0 Å². The number of ether oxygens (including phenoxy) is 1. The number of imidazole rings is 1. The van der Waals surface area contributed by atoms with Crippen molar-refractivity contribution >= 4 is 5.91 Å². The monoisotopic (exact) mass is 349 g/mol. The van der Waals surface area contributed by atoms with Crippen molar-refractivity contribution in [2.75, 3.05) is 7.11 Å². The van der Waals surface area contributed by atoms with Gasteiger partial charge in [0.15, 0.2) is 0 Å². The molecule has 0 fully saturated rings. The van der Waals surface area contributed by atoms with Crippen LogP contribution in [0.25, 0.3) is 0 Å². The number of rotatable bonds is 8. The highest BCUT2D eigenvalue weighted by Crippen LogP contribution is 2.12. The van der Waals surface area contributed by atoms with E-state index in [0.29, 0.717) is 13.0 Å². The second-order valence-corrected chi connectivity index (χ2v) is 6.18. The molecule has 0 bridgehead atoms. The fourth-order valence-corrected chi connectivity index (χ4v) is 2.69. The maximum Gasteiger partial charge on any atom is 0.220 e. The molecule has 134 valence electrons. The lowest BCUT2D eigenvalue weighted by atomic mass is 10.1. The Morgan fingerprint density at radius 1 is 1.04 bits per heavy atom. The smallest absolute Gasteiger partial charge is 0.220 e. The van der Waals surface area contributed by atoms with Gasteiger partial charge in [-0.25, -0.2) is 4.98 Å². The summed E-state index contributed by atoms with van der Waals surface area (Å²) in [4.78, 5) is 16.1. The summed E-state index contributed by atoms with van der Waals surface area (Å²) in [5, 5.41) is 2.98. The third kappa shape index (κ3) is 5.21. The molecule has 2 aromatic carbocycles. The molecule has 0 aliphatic rings. The highest BCUT2D eigenvalue weighted by molar-refractivity contribution is 5.76. The molecule has 0 saturated heterocycles. The molecule has 1 amide bonds. The molecule has 1 N–H and O–H groups in total. The average Bonchev–Trinajstić information content (AvgIpc) is 3.19. The third-order valence-corrected chi connectivity index (χ3v) is 4.24. The second kappa shape index (κ2) is 8.85. The van der Waals surface area contributed by atoms with Crippen LogP contribution in [0.4, 0.5) is 0 Å². The SMILES string of the molecule is COc1ccc(CCC(=O)NCc2ccc(Cn3ccnc3)cc2)cc1. The maximum atomic E-state index is 12.0. The van der Waals surface area contributed by atoms with Crippen LogP contribution in [0.3, 0.4) is 0 Å². The van der Waals surface area contributed by atoms with Crippen molar-refractivity contribution < 1.29 is 9.53 Å². The Labute approximate surface area is 153 Å². The zero-order valence-electron chi connectivity index (χ0n) is 14.9. The molecule has 3 aromatic rings. The predicted octanol–water partition coefficient (Wildman–Crippen LogP) is 3.19. The van der Waals surface area contributed by atoms with Crippen LogP contribution in [0, 0.1) is 0 Å². The van der Waals surface area contributed by atoms with Crippen molar-refractivity contribution in [2.45, 2.75) is 25.9 Å². The molecule has 0 spiro atoms. The van der Waals surface area contributed by atoms with Crippen LogP contribution < -0.4 is 10.1 Å². The summed E-state index contributed by atoms with van der Waals surface area (Å²) in [5.41, 5.74) is 3.43. The number of aromatic nitrogens is 2. The molecule has 0 unspecified atom stereocenters. The van der Waals surface area contributed by atoms with Gasteiger partial charge in [-0.2, -0.15) is 0 Å². The Morgan fingerprint density at radius 2 is 1.73 bits per heavy atom. The lowest BCUT2D eigenvalue weighted by Crippen LogP contribution is -2.23. The van der Waals surface area contributed by atoms with Crippen LogP contribution in [-0.4, -0.2) is 22.6 Å². The second-order valence-electron chi connectivity index (χ2n) is 6.18. The molecule has 3 rings (SSSR count). The highest BCUT2D eigenvalue weighted by Gasteiger charge is 2.03. The minimum atomic E-state index is 0.0586. The van der Waals surface area contributed by atoms with Crippen molar-refractivity contribution in [1.29, 1.82) is 0 Å². The number of nitrogens with one attached hydrogen (secondary N) is 1. The Morgan fingerprint density at radius 3 is 2.38 bits per heavy atom. The maximum absolute atomic E-state index is 12.0. The van der Waals surface area contributed by atoms with Gasteiger partial charge in [0.25, 0.3) is 0 Å². The molecule has 5 heteroatoms. The van der Waals surface area contributed by atoms with E-state index in [1.807, 2.05) is 35.0 Å². The zero-order chi connectivity index (χ0) is 18.2. The molecule has 0 aliphatic carbocycles. The molecule has 0 atom stereocenters. The Balaban J connectivity index is 1.42. The molecule has 1 heterocycles. The van der Waals surface area contributed by atoms with Crippen LogP contribution in [0.1, 0.15) is 23.1 Å². The molecule has 0 radical (unpaired) electrons. The lowest BCUT2D eigenvalue weighted by molar-refractivity contribution is -0.121. The highest BCUT2D eigenvalue weighted by atomic mass is 16.5.